The summed E-state index contributed by atoms with van der Waals surface area (Å²) in [6, 6.07) is 0. The second-order valence-corrected chi connectivity index (χ2v) is 6.42. The summed E-state index contributed by atoms with van der Waals surface area (Å²) in [5.74, 6) is 2.34. The van der Waals surface area contributed by atoms with Crippen LogP contribution in [0, 0.1) is 11.8 Å². The average Bonchev–Trinajstić information content (AvgIpc) is 1.82. The summed E-state index contributed by atoms with van der Waals surface area (Å²) in [5, 5.41) is 0. The van der Waals surface area contributed by atoms with E-state index in [2.05, 4.69) is 0 Å². The van der Waals surface area contributed by atoms with Crippen molar-refractivity contribution in [1.82, 2.24) is 0 Å². The van der Waals surface area contributed by atoms with Crippen LogP contribution < -0.4 is 26.9 Å². The minimum absolute atomic E-state index is 0.414. The van der Waals surface area contributed by atoms with Crippen LogP contribution in [0.4, 0.5) is 0 Å². The summed E-state index contributed by atoms with van der Waals surface area (Å²) in [4.78, 5) is 0. The maximum absolute atomic E-state index is 5.52. The Kier molecular flexibility index (Phi) is 1.69. The van der Waals surface area contributed by atoms with Crippen LogP contribution >= 0.6 is 0 Å². The van der Waals surface area contributed by atoms with Gasteiger partial charge in [0.05, 0.1) is 0 Å². The monoisotopic (exact) mass is 238 g/mol. The van der Waals surface area contributed by atoms with Crippen molar-refractivity contribution in [3.05, 3.63) is 0 Å². The molecule has 2 fully saturated rings. The van der Waals surface area contributed by atoms with Gasteiger partial charge in [-0.15, -0.1) is 0 Å². The van der Waals surface area contributed by atoms with Crippen LogP contribution in [0.2, 0.25) is 0 Å². The summed E-state index contributed by atoms with van der Waals surface area (Å²) >= 11 is 0.414. The first kappa shape index (κ1) is 6.40. The third kappa shape index (κ3) is 0.909. The van der Waals surface area contributed by atoms with E-state index in [1.54, 1.807) is 6.42 Å². The van der Waals surface area contributed by atoms with Crippen molar-refractivity contribution in [2.24, 2.45) is 17.6 Å². The average molecular weight is 238 g/mol. The van der Waals surface area contributed by atoms with E-state index >= 15 is 0 Å². The van der Waals surface area contributed by atoms with E-state index in [0.717, 1.165) is 8.48 Å². The predicted octanol–water partition coefficient (Wildman–Crippen LogP) is -2.21. The molecule has 9 heavy (non-hydrogen) atoms. The molecule has 0 bridgehead atoms. The molecule has 0 aromatic carbocycles. The van der Waals surface area contributed by atoms with Crippen molar-refractivity contribution in [3.8, 4) is 0 Å². The molecular formula is C7H13IN-. The van der Waals surface area contributed by atoms with Crippen LogP contribution in [0.3, 0.4) is 0 Å². The minimum atomic E-state index is 0.414. The zero-order chi connectivity index (χ0) is 6.27. The first-order valence-electron chi connectivity index (χ1n) is 3.69. The number of hydrogen-bond donors (Lipinski definition) is 1. The Morgan fingerprint density at radius 3 is 2.67 bits per heavy atom. The topological polar surface area (TPSA) is 26.0 Å². The fourth-order valence-electron chi connectivity index (χ4n) is 1.92. The number of fused-ring (bicyclic) bond motifs is 1. The molecule has 0 aromatic heterocycles. The second kappa shape index (κ2) is 2.38. The van der Waals surface area contributed by atoms with Gasteiger partial charge in [0.1, 0.15) is 0 Å². The third-order valence-corrected chi connectivity index (χ3v) is 5.83. The number of alkyl halides is 2. The molecule has 0 aliphatic heterocycles. The fourth-order valence-corrected chi connectivity index (χ4v) is 5.19. The normalized spacial score (nSPS) is 47.4. The van der Waals surface area contributed by atoms with Crippen molar-refractivity contribution < 1.29 is 21.2 Å². The molecule has 0 heterocycles. The van der Waals surface area contributed by atoms with E-state index in [-0.39, 0.29) is 0 Å². The molecule has 2 N–H and O–H groups in total. The zero-order valence-electron chi connectivity index (χ0n) is 5.52. The summed E-state index contributed by atoms with van der Waals surface area (Å²) in [5.41, 5.74) is 5.52. The third-order valence-electron chi connectivity index (χ3n) is 2.76. The molecule has 2 aliphatic carbocycles. The quantitative estimate of drug-likeness (QED) is 0.329. The van der Waals surface area contributed by atoms with Gasteiger partial charge in [-0.05, 0) is 0 Å². The van der Waals surface area contributed by atoms with Crippen molar-refractivity contribution in [1.29, 1.82) is 0 Å². The Balaban J connectivity index is 1.77. The molecular weight excluding hydrogens is 225 g/mol. The van der Waals surface area contributed by atoms with E-state index in [1.807, 2.05) is 0 Å². The van der Waals surface area contributed by atoms with Crippen LogP contribution in [0.5, 0.6) is 0 Å². The standard InChI is InChI=1S/C7H13IN/c9-4-8-7-3-5-1-2-6(5)7/h5-7H,1-4,9H2/q-1. The van der Waals surface area contributed by atoms with Gasteiger partial charge in [-0.3, -0.25) is 0 Å². The summed E-state index contributed by atoms with van der Waals surface area (Å²) in [6.45, 7) is 0. The van der Waals surface area contributed by atoms with Crippen LogP contribution in [0.25, 0.3) is 0 Å². The molecule has 1 nitrogen and oxygen atoms in total. The first-order valence-corrected chi connectivity index (χ1v) is 6.46. The molecule has 2 heteroatoms. The molecule has 2 saturated carbocycles. The zero-order valence-corrected chi connectivity index (χ0v) is 7.67. The predicted molar refractivity (Wildman–Crippen MR) is 33.7 cm³/mol. The van der Waals surface area contributed by atoms with Gasteiger partial charge >= 0.3 is 66.5 Å². The summed E-state index contributed by atoms with van der Waals surface area (Å²) < 4.78 is 2.17. The van der Waals surface area contributed by atoms with Crippen LogP contribution in [0.15, 0.2) is 0 Å². The van der Waals surface area contributed by atoms with E-state index in [1.165, 1.54) is 24.7 Å². The second-order valence-electron chi connectivity index (χ2n) is 3.06. The Labute approximate surface area is 66.6 Å². The van der Waals surface area contributed by atoms with Gasteiger partial charge in [-0.1, -0.05) is 0 Å². The van der Waals surface area contributed by atoms with Gasteiger partial charge in [0.2, 0.25) is 0 Å². The van der Waals surface area contributed by atoms with Gasteiger partial charge in [0, 0.05) is 0 Å². The molecule has 3 unspecified atom stereocenters. The number of hydrogen-bond acceptors (Lipinski definition) is 1. The fraction of sp³-hybridized carbons (Fsp3) is 1.00. The molecule has 0 aromatic rings. The van der Waals surface area contributed by atoms with Crippen molar-refractivity contribution in [3.63, 3.8) is 0 Å². The Bertz CT molecular complexity index is 113. The maximum atomic E-state index is 5.52. The van der Waals surface area contributed by atoms with E-state index in [9.17, 15) is 0 Å². The van der Waals surface area contributed by atoms with Crippen LogP contribution in [-0.4, -0.2) is 8.48 Å². The van der Waals surface area contributed by atoms with Gasteiger partial charge < -0.3 is 0 Å². The summed E-state index contributed by atoms with van der Waals surface area (Å²) in [7, 11) is 0. The molecule has 0 amide bonds. The van der Waals surface area contributed by atoms with Gasteiger partial charge in [0.15, 0.2) is 0 Å². The Hall–Kier alpha value is 0.690. The molecule has 3 atom stereocenters. The van der Waals surface area contributed by atoms with Gasteiger partial charge in [-0.2, -0.15) is 0 Å². The Morgan fingerprint density at radius 2 is 2.33 bits per heavy atom. The van der Waals surface area contributed by atoms with E-state index in [0.29, 0.717) is 21.2 Å². The SMILES string of the molecule is NC[I-]C1CC2CCC21. The molecule has 0 radical (unpaired) electrons. The number of halogens is 1. The molecule has 0 saturated heterocycles. The molecule has 0 spiro atoms. The number of nitrogens with two attached hydrogens (primary N) is 1. The van der Waals surface area contributed by atoms with E-state index in [4.69, 9.17) is 5.73 Å². The van der Waals surface area contributed by atoms with Crippen molar-refractivity contribution in [2.75, 3.05) is 4.55 Å². The van der Waals surface area contributed by atoms with Crippen LogP contribution in [-0.2, 0) is 0 Å². The molecule has 54 valence electrons. The van der Waals surface area contributed by atoms with Crippen molar-refractivity contribution in [2.45, 2.75) is 23.2 Å². The molecule has 2 rings (SSSR count). The first-order chi connectivity index (χ1) is 4.42. The molecule has 2 aliphatic rings. The van der Waals surface area contributed by atoms with Gasteiger partial charge in [-0.25, -0.2) is 0 Å². The summed E-state index contributed by atoms with van der Waals surface area (Å²) in [6.07, 6.45) is 4.62. The van der Waals surface area contributed by atoms with Gasteiger partial charge in [0.25, 0.3) is 0 Å². The number of rotatable bonds is 2. The van der Waals surface area contributed by atoms with Crippen LogP contribution in [0.1, 0.15) is 19.3 Å². The Morgan fingerprint density at radius 1 is 1.44 bits per heavy atom. The van der Waals surface area contributed by atoms with E-state index < -0.39 is 0 Å². The van der Waals surface area contributed by atoms with Crippen molar-refractivity contribution >= 4 is 0 Å².